The van der Waals surface area contributed by atoms with Crippen LogP contribution in [0.5, 0.6) is 0 Å². The number of carboxylic acid groups (broad SMARTS) is 1. The second-order valence-electron chi connectivity index (χ2n) is 4.89. The lowest BCUT2D eigenvalue weighted by Gasteiger charge is -2.09. The summed E-state index contributed by atoms with van der Waals surface area (Å²) in [5.41, 5.74) is -0.481. The molecule has 7 nitrogen and oxygen atoms in total. The Balaban J connectivity index is 2.61. The number of carboxylic acids is 1. The van der Waals surface area contributed by atoms with Gasteiger partial charge in [-0.25, -0.2) is 4.79 Å². The van der Waals surface area contributed by atoms with Crippen LogP contribution in [0.2, 0.25) is 0 Å². The first-order valence-electron chi connectivity index (χ1n) is 6.58. The third kappa shape index (κ3) is 5.49. The molecule has 116 valence electrons. The number of hydrogen-bond acceptors (Lipinski definition) is 5. The Morgan fingerprint density at radius 2 is 2.00 bits per heavy atom. The van der Waals surface area contributed by atoms with Gasteiger partial charge < -0.3 is 14.6 Å². The Kier molecular flexibility index (Phi) is 6.77. The quantitative estimate of drug-likeness (QED) is 0.427. The van der Waals surface area contributed by atoms with E-state index in [2.05, 4.69) is 0 Å². The average Bonchev–Trinajstić information content (AvgIpc) is 2.41. The molecule has 0 aromatic heterocycles. The third-order valence-electron chi connectivity index (χ3n) is 2.62. The second-order valence-corrected chi connectivity index (χ2v) is 4.89. The van der Waals surface area contributed by atoms with Crippen molar-refractivity contribution < 1.29 is 24.3 Å². The lowest BCUT2D eigenvalue weighted by atomic mass is 10.1. The van der Waals surface area contributed by atoms with Gasteiger partial charge in [-0.3, -0.25) is 10.1 Å². The van der Waals surface area contributed by atoms with Crippen molar-refractivity contribution in [2.24, 2.45) is 5.92 Å². The highest BCUT2D eigenvalue weighted by molar-refractivity contribution is 5.94. The van der Waals surface area contributed by atoms with Crippen molar-refractivity contribution in [2.75, 3.05) is 19.8 Å². The van der Waals surface area contributed by atoms with Crippen LogP contribution in [0, 0.1) is 16.0 Å². The summed E-state index contributed by atoms with van der Waals surface area (Å²) in [5, 5.41) is 20.0. The van der Waals surface area contributed by atoms with E-state index in [0.29, 0.717) is 25.7 Å². The normalized spacial score (nSPS) is 10.8. The summed E-state index contributed by atoms with van der Waals surface area (Å²) < 4.78 is 10.6. The summed E-state index contributed by atoms with van der Waals surface area (Å²) in [6.45, 7) is 5.38. The van der Waals surface area contributed by atoms with E-state index in [1.807, 2.05) is 13.8 Å². The van der Waals surface area contributed by atoms with E-state index in [0.717, 1.165) is 0 Å². The molecule has 21 heavy (non-hydrogen) atoms. The highest BCUT2D eigenvalue weighted by atomic mass is 16.6. The van der Waals surface area contributed by atoms with Gasteiger partial charge in [0.25, 0.3) is 5.69 Å². The summed E-state index contributed by atoms with van der Waals surface area (Å²) in [6.07, 6.45) is 0. The van der Waals surface area contributed by atoms with Gasteiger partial charge in [0.05, 0.1) is 24.7 Å². The molecule has 0 bridgehead atoms. The van der Waals surface area contributed by atoms with E-state index < -0.39 is 16.6 Å². The van der Waals surface area contributed by atoms with Gasteiger partial charge in [0.2, 0.25) is 0 Å². The van der Waals surface area contributed by atoms with E-state index in [-0.39, 0.29) is 17.7 Å². The predicted octanol–water partition coefficient (Wildman–Crippen LogP) is 2.48. The smallest absolute Gasteiger partial charge is 0.343 e. The predicted molar refractivity (Wildman–Crippen MR) is 75.4 cm³/mol. The summed E-state index contributed by atoms with van der Waals surface area (Å²) in [7, 11) is 0. The van der Waals surface area contributed by atoms with E-state index in [4.69, 9.17) is 14.6 Å². The van der Waals surface area contributed by atoms with Gasteiger partial charge in [0, 0.05) is 12.7 Å². The van der Waals surface area contributed by atoms with Crippen LogP contribution in [0.4, 0.5) is 5.69 Å². The number of hydrogen-bond donors (Lipinski definition) is 1. The van der Waals surface area contributed by atoms with Crippen LogP contribution in [0.25, 0.3) is 0 Å². The molecule has 0 spiro atoms. The molecule has 1 rings (SSSR count). The minimum atomic E-state index is -1.34. The minimum Gasteiger partial charge on any atom is -0.477 e. The molecule has 0 amide bonds. The maximum absolute atomic E-state index is 11.2. The topological polar surface area (TPSA) is 98.9 Å². The largest absolute Gasteiger partial charge is 0.477 e. The maximum Gasteiger partial charge on any atom is 0.343 e. The SMILES string of the molecule is CC(C)COCCOCc1cccc([N+](=O)[O-])c1C(=O)O. The molecule has 1 aromatic carbocycles. The van der Waals surface area contributed by atoms with Gasteiger partial charge in [0.1, 0.15) is 5.56 Å². The van der Waals surface area contributed by atoms with E-state index in [1.54, 1.807) is 0 Å². The zero-order valence-corrected chi connectivity index (χ0v) is 12.1. The molecule has 0 saturated carbocycles. The zero-order valence-electron chi connectivity index (χ0n) is 12.1. The fourth-order valence-corrected chi connectivity index (χ4v) is 1.72. The minimum absolute atomic E-state index is 0.00560. The van der Waals surface area contributed by atoms with Crippen molar-refractivity contribution in [3.05, 3.63) is 39.4 Å². The molecule has 0 radical (unpaired) electrons. The summed E-state index contributed by atoms with van der Waals surface area (Å²) in [6, 6.07) is 4.11. The number of rotatable bonds is 9. The van der Waals surface area contributed by atoms with E-state index >= 15 is 0 Å². The Bertz CT molecular complexity index is 500. The highest BCUT2D eigenvalue weighted by Gasteiger charge is 2.23. The molecule has 0 fully saturated rings. The molecule has 0 atom stereocenters. The van der Waals surface area contributed by atoms with Crippen LogP contribution >= 0.6 is 0 Å². The van der Waals surface area contributed by atoms with Crippen LogP contribution in [0.15, 0.2) is 18.2 Å². The van der Waals surface area contributed by atoms with Crippen molar-refractivity contribution in [3.8, 4) is 0 Å². The van der Waals surface area contributed by atoms with Gasteiger partial charge in [-0.15, -0.1) is 0 Å². The summed E-state index contributed by atoms with van der Waals surface area (Å²) in [5.74, 6) is -0.905. The number of carbonyl (C=O) groups is 1. The number of benzene rings is 1. The Morgan fingerprint density at radius 1 is 1.33 bits per heavy atom. The molecule has 0 saturated heterocycles. The first-order valence-corrected chi connectivity index (χ1v) is 6.58. The summed E-state index contributed by atoms with van der Waals surface area (Å²) >= 11 is 0. The molecule has 0 aliphatic carbocycles. The van der Waals surface area contributed by atoms with E-state index in [9.17, 15) is 14.9 Å². The zero-order chi connectivity index (χ0) is 15.8. The Labute approximate surface area is 122 Å². The van der Waals surface area contributed by atoms with Crippen molar-refractivity contribution in [1.82, 2.24) is 0 Å². The Hall–Kier alpha value is -1.99. The van der Waals surface area contributed by atoms with Gasteiger partial charge in [-0.2, -0.15) is 0 Å². The second kappa shape index (κ2) is 8.33. The van der Waals surface area contributed by atoms with Crippen molar-refractivity contribution >= 4 is 11.7 Å². The number of nitro benzene ring substituents is 1. The molecule has 0 aliphatic heterocycles. The van der Waals surface area contributed by atoms with Crippen molar-refractivity contribution in [2.45, 2.75) is 20.5 Å². The molecular formula is C14H19NO6. The molecule has 0 heterocycles. The molecule has 7 heteroatoms. The molecular weight excluding hydrogens is 278 g/mol. The first kappa shape index (κ1) is 17.1. The lowest BCUT2D eigenvalue weighted by molar-refractivity contribution is -0.385. The fourth-order valence-electron chi connectivity index (χ4n) is 1.72. The van der Waals surface area contributed by atoms with Crippen LogP contribution in [-0.2, 0) is 16.1 Å². The highest BCUT2D eigenvalue weighted by Crippen LogP contribution is 2.23. The maximum atomic E-state index is 11.2. The van der Waals surface area contributed by atoms with Crippen LogP contribution in [0.1, 0.15) is 29.8 Å². The molecule has 0 aliphatic rings. The molecule has 1 aromatic rings. The van der Waals surface area contributed by atoms with Crippen LogP contribution in [0.3, 0.4) is 0 Å². The van der Waals surface area contributed by atoms with Gasteiger partial charge >= 0.3 is 5.97 Å². The molecule has 0 unspecified atom stereocenters. The third-order valence-corrected chi connectivity index (χ3v) is 2.62. The van der Waals surface area contributed by atoms with Crippen molar-refractivity contribution in [1.29, 1.82) is 0 Å². The van der Waals surface area contributed by atoms with Crippen LogP contribution < -0.4 is 0 Å². The van der Waals surface area contributed by atoms with Crippen LogP contribution in [-0.4, -0.2) is 35.8 Å². The standard InChI is InChI=1S/C14H19NO6/c1-10(2)8-20-6-7-21-9-11-4-3-5-12(15(18)19)13(11)14(16)17/h3-5,10H,6-9H2,1-2H3,(H,16,17). The van der Waals surface area contributed by atoms with Crippen molar-refractivity contribution in [3.63, 3.8) is 0 Å². The average molecular weight is 297 g/mol. The summed E-state index contributed by atoms with van der Waals surface area (Å²) in [4.78, 5) is 21.3. The van der Waals surface area contributed by atoms with Gasteiger partial charge in [-0.05, 0) is 11.5 Å². The molecule has 1 N–H and O–H groups in total. The Morgan fingerprint density at radius 3 is 2.57 bits per heavy atom. The number of nitro groups is 1. The number of aromatic carboxylic acids is 1. The fraction of sp³-hybridized carbons (Fsp3) is 0.500. The first-order chi connectivity index (χ1) is 9.93. The monoisotopic (exact) mass is 297 g/mol. The van der Waals surface area contributed by atoms with Gasteiger partial charge in [0.15, 0.2) is 0 Å². The van der Waals surface area contributed by atoms with E-state index in [1.165, 1.54) is 18.2 Å². The van der Waals surface area contributed by atoms with Gasteiger partial charge in [-0.1, -0.05) is 26.0 Å². The number of nitrogens with zero attached hydrogens (tertiary/aromatic N) is 1. The lowest BCUT2D eigenvalue weighted by Crippen LogP contribution is -2.11. The number of ether oxygens (including phenoxy) is 2.